The molecule has 0 aliphatic heterocycles. The van der Waals surface area contributed by atoms with Crippen molar-refractivity contribution in [2.45, 2.75) is 27.7 Å². The Morgan fingerprint density at radius 3 is 2.29 bits per heavy atom. The van der Waals surface area contributed by atoms with Crippen LogP contribution >= 0.6 is 0 Å². The van der Waals surface area contributed by atoms with Crippen molar-refractivity contribution in [3.63, 3.8) is 0 Å². The van der Waals surface area contributed by atoms with Crippen molar-refractivity contribution >= 4 is 23.6 Å². The lowest BCUT2D eigenvalue weighted by Crippen LogP contribution is -2.11. The number of carbonyl (C=O) groups excluding carboxylic acids is 1. The number of amides is 1. The second-order valence-corrected chi connectivity index (χ2v) is 5.02. The molecule has 0 atom stereocenters. The highest BCUT2D eigenvalue weighted by atomic mass is 16.4. The first-order chi connectivity index (χ1) is 11.5. The molecule has 0 bridgehead atoms. The predicted octanol–water partition coefficient (Wildman–Crippen LogP) is 4.68. The topological polar surface area (TPSA) is 66.4 Å². The molecular weight excluding hydrogens is 302 g/mol. The molecular formula is C20H23NO3. The number of rotatable bonds is 4. The second-order valence-electron chi connectivity index (χ2n) is 5.02. The average Bonchev–Trinajstić information content (AvgIpc) is 2.58. The van der Waals surface area contributed by atoms with Crippen LogP contribution in [0.5, 0.6) is 0 Å². The molecule has 2 N–H and O–H groups in total. The summed E-state index contributed by atoms with van der Waals surface area (Å²) in [6, 6.07) is 12.2. The lowest BCUT2D eigenvalue weighted by molar-refractivity contribution is -0.111. The molecule has 4 nitrogen and oxygen atoms in total. The smallest absolute Gasteiger partial charge is 0.337 e. The standard InChI is InChI=1S/C18H17NO3.C2H6/c1-12-7-8-14(11-13(12)2)9-10-17(20)19-16-6-4-3-5-15(16)18(21)22;1-2/h3-11H,1-2H3,(H,19,20)(H,21,22);1-2H3/b10-9+;. The summed E-state index contributed by atoms with van der Waals surface area (Å²) in [7, 11) is 0. The van der Waals surface area contributed by atoms with E-state index in [2.05, 4.69) is 5.32 Å². The van der Waals surface area contributed by atoms with Gasteiger partial charge in [-0.15, -0.1) is 0 Å². The molecule has 0 saturated heterocycles. The van der Waals surface area contributed by atoms with Crippen molar-refractivity contribution in [1.82, 2.24) is 0 Å². The third-order valence-corrected chi connectivity index (χ3v) is 3.37. The Balaban J connectivity index is 0.00000139. The van der Waals surface area contributed by atoms with Crippen LogP contribution < -0.4 is 5.32 Å². The van der Waals surface area contributed by atoms with Gasteiger partial charge < -0.3 is 10.4 Å². The Bertz CT molecular complexity index is 748. The number of carboxylic acid groups (broad SMARTS) is 1. The first-order valence-electron chi connectivity index (χ1n) is 7.86. The van der Waals surface area contributed by atoms with Crippen molar-refractivity contribution in [2.75, 3.05) is 5.32 Å². The van der Waals surface area contributed by atoms with Crippen LogP contribution in [0.4, 0.5) is 5.69 Å². The second kappa shape index (κ2) is 9.30. The van der Waals surface area contributed by atoms with Gasteiger partial charge in [0.25, 0.3) is 0 Å². The highest BCUT2D eigenvalue weighted by molar-refractivity contribution is 6.06. The molecule has 126 valence electrons. The summed E-state index contributed by atoms with van der Waals surface area (Å²) in [6.45, 7) is 8.04. The summed E-state index contributed by atoms with van der Waals surface area (Å²) in [5.74, 6) is -1.44. The molecule has 24 heavy (non-hydrogen) atoms. The number of hydrogen-bond acceptors (Lipinski definition) is 2. The minimum Gasteiger partial charge on any atom is -0.478 e. The fourth-order valence-corrected chi connectivity index (χ4v) is 1.99. The van der Waals surface area contributed by atoms with Gasteiger partial charge in [0.1, 0.15) is 0 Å². The molecule has 0 aliphatic carbocycles. The van der Waals surface area contributed by atoms with Crippen LogP contribution in [0.3, 0.4) is 0 Å². The molecule has 4 heteroatoms. The minimum absolute atomic E-state index is 0.0652. The molecule has 2 rings (SSSR count). The van der Waals surface area contributed by atoms with Crippen LogP contribution in [0.15, 0.2) is 48.5 Å². The molecule has 0 saturated carbocycles. The summed E-state index contributed by atoms with van der Waals surface area (Å²) >= 11 is 0. The number of aromatic carboxylic acids is 1. The predicted molar refractivity (Wildman–Crippen MR) is 98.3 cm³/mol. The molecule has 0 heterocycles. The van der Waals surface area contributed by atoms with E-state index in [1.807, 2.05) is 45.9 Å². The zero-order chi connectivity index (χ0) is 18.1. The van der Waals surface area contributed by atoms with Crippen molar-refractivity contribution in [2.24, 2.45) is 0 Å². The van der Waals surface area contributed by atoms with Crippen molar-refractivity contribution < 1.29 is 14.7 Å². The fourth-order valence-electron chi connectivity index (χ4n) is 1.99. The molecule has 2 aromatic carbocycles. The maximum Gasteiger partial charge on any atom is 0.337 e. The van der Waals surface area contributed by atoms with E-state index < -0.39 is 5.97 Å². The molecule has 0 spiro atoms. The van der Waals surface area contributed by atoms with Crippen LogP contribution in [0, 0.1) is 13.8 Å². The SMILES string of the molecule is CC.Cc1ccc(/C=C/C(=O)Nc2ccccc2C(=O)O)cc1C. The van der Waals surface area contributed by atoms with E-state index in [4.69, 9.17) is 5.11 Å². The van der Waals surface area contributed by atoms with E-state index in [-0.39, 0.29) is 17.2 Å². The van der Waals surface area contributed by atoms with Gasteiger partial charge in [-0.3, -0.25) is 4.79 Å². The largest absolute Gasteiger partial charge is 0.478 e. The Morgan fingerprint density at radius 1 is 1.00 bits per heavy atom. The highest BCUT2D eigenvalue weighted by Crippen LogP contribution is 2.15. The van der Waals surface area contributed by atoms with E-state index in [1.165, 1.54) is 17.7 Å². The molecule has 0 fully saturated rings. The minimum atomic E-state index is -1.07. The van der Waals surface area contributed by atoms with Gasteiger partial charge in [-0.25, -0.2) is 4.79 Å². The van der Waals surface area contributed by atoms with Crippen LogP contribution in [-0.2, 0) is 4.79 Å². The van der Waals surface area contributed by atoms with E-state index in [1.54, 1.807) is 24.3 Å². The summed E-state index contributed by atoms with van der Waals surface area (Å²) in [6.07, 6.45) is 3.09. The van der Waals surface area contributed by atoms with Gasteiger partial charge in [0, 0.05) is 6.08 Å². The van der Waals surface area contributed by atoms with Gasteiger partial charge in [-0.2, -0.15) is 0 Å². The lowest BCUT2D eigenvalue weighted by Gasteiger charge is -2.06. The van der Waals surface area contributed by atoms with Crippen LogP contribution in [0.25, 0.3) is 6.08 Å². The van der Waals surface area contributed by atoms with E-state index in [9.17, 15) is 9.59 Å². The number of nitrogens with one attached hydrogen (secondary N) is 1. The number of aryl methyl sites for hydroxylation is 2. The number of benzene rings is 2. The molecule has 2 aromatic rings. The quantitative estimate of drug-likeness (QED) is 0.802. The molecule has 0 unspecified atom stereocenters. The van der Waals surface area contributed by atoms with Gasteiger partial charge in [0.05, 0.1) is 11.3 Å². The summed E-state index contributed by atoms with van der Waals surface area (Å²) in [5, 5.41) is 11.7. The highest BCUT2D eigenvalue weighted by Gasteiger charge is 2.10. The number of anilines is 1. The van der Waals surface area contributed by atoms with E-state index >= 15 is 0 Å². The maximum atomic E-state index is 11.9. The van der Waals surface area contributed by atoms with Gasteiger partial charge in [-0.1, -0.05) is 44.2 Å². The Morgan fingerprint density at radius 2 is 1.67 bits per heavy atom. The number of carbonyl (C=O) groups is 2. The fraction of sp³-hybridized carbons (Fsp3) is 0.200. The van der Waals surface area contributed by atoms with Gasteiger partial charge >= 0.3 is 5.97 Å². The summed E-state index contributed by atoms with van der Waals surface area (Å²) < 4.78 is 0. The lowest BCUT2D eigenvalue weighted by atomic mass is 10.1. The van der Waals surface area contributed by atoms with Gasteiger partial charge in [0.2, 0.25) is 5.91 Å². The molecule has 1 amide bonds. The third kappa shape index (κ3) is 5.39. The normalized spacial score (nSPS) is 10.0. The number of carboxylic acids is 1. The van der Waals surface area contributed by atoms with Crippen molar-refractivity contribution in [1.29, 1.82) is 0 Å². The molecule has 0 radical (unpaired) electrons. The first kappa shape index (κ1) is 19.2. The monoisotopic (exact) mass is 325 g/mol. The Hall–Kier alpha value is -2.88. The maximum absolute atomic E-state index is 11.9. The Labute approximate surface area is 142 Å². The van der Waals surface area contributed by atoms with Gasteiger partial charge in [0.15, 0.2) is 0 Å². The van der Waals surface area contributed by atoms with Gasteiger partial charge in [-0.05, 0) is 48.7 Å². The number of para-hydroxylation sites is 1. The van der Waals surface area contributed by atoms with E-state index in [0.717, 1.165) is 11.1 Å². The number of hydrogen-bond donors (Lipinski definition) is 2. The zero-order valence-corrected chi connectivity index (χ0v) is 14.5. The zero-order valence-electron chi connectivity index (χ0n) is 14.5. The third-order valence-electron chi connectivity index (χ3n) is 3.37. The first-order valence-corrected chi connectivity index (χ1v) is 7.86. The molecule has 0 aromatic heterocycles. The molecule has 0 aliphatic rings. The van der Waals surface area contributed by atoms with Crippen molar-refractivity contribution in [3.8, 4) is 0 Å². The van der Waals surface area contributed by atoms with Crippen LogP contribution in [0.1, 0.15) is 40.9 Å². The van der Waals surface area contributed by atoms with E-state index in [0.29, 0.717) is 0 Å². The summed E-state index contributed by atoms with van der Waals surface area (Å²) in [4.78, 5) is 23.0. The van der Waals surface area contributed by atoms with Crippen LogP contribution in [-0.4, -0.2) is 17.0 Å². The van der Waals surface area contributed by atoms with Crippen LogP contribution in [0.2, 0.25) is 0 Å². The Kier molecular flexibility index (Phi) is 7.43. The average molecular weight is 325 g/mol. The summed E-state index contributed by atoms with van der Waals surface area (Å²) in [5.41, 5.74) is 3.61. The van der Waals surface area contributed by atoms with Crippen molar-refractivity contribution in [3.05, 3.63) is 70.8 Å².